The number of hydrogen-bond acceptors (Lipinski definition) is 11. The molecule has 1 aliphatic carbocycles. The largest absolute Gasteiger partial charge is 0.495 e. The first-order chi connectivity index (χ1) is 18.1. The van der Waals surface area contributed by atoms with E-state index in [0.717, 1.165) is 76.5 Å². The topological polar surface area (TPSA) is 127 Å². The number of ether oxygens (including phenoxy) is 2. The molecular formula is C26H40N8O2S. The highest BCUT2D eigenvalue weighted by molar-refractivity contribution is 7.94. The first-order valence-corrected chi connectivity index (χ1v) is 14.2. The van der Waals surface area contributed by atoms with Crippen molar-refractivity contribution in [2.24, 2.45) is 0 Å². The number of nitrogens with two attached hydrogens (primary N) is 2. The minimum atomic E-state index is 0.271. The van der Waals surface area contributed by atoms with Crippen LogP contribution in [0, 0.1) is 0 Å². The lowest BCUT2D eigenvalue weighted by molar-refractivity contribution is 0.0755. The van der Waals surface area contributed by atoms with Crippen molar-refractivity contribution in [3.8, 4) is 5.75 Å². The van der Waals surface area contributed by atoms with Crippen LogP contribution in [-0.2, 0) is 4.74 Å². The van der Waals surface area contributed by atoms with Gasteiger partial charge in [0.2, 0.25) is 5.95 Å². The number of hydrogen-bond donors (Lipinski definition) is 4. The van der Waals surface area contributed by atoms with Gasteiger partial charge in [-0.15, -0.1) is 0 Å². The van der Waals surface area contributed by atoms with Gasteiger partial charge in [0.25, 0.3) is 0 Å². The van der Waals surface area contributed by atoms with Crippen LogP contribution in [0.1, 0.15) is 56.4 Å². The highest BCUT2D eigenvalue weighted by Gasteiger charge is 2.25. The molecular weight excluding hydrogens is 488 g/mol. The van der Waals surface area contributed by atoms with E-state index in [1.807, 2.05) is 18.2 Å². The lowest BCUT2D eigenvalue weighted by atomic mass is 9.90. The van der Waals surface area contributed by atoms with E-state index >= 15 is 0 Å². The van der Waals surface area contributed by atoms with Gasteiger partial charge in [0.05, 0.1) is 26.0 Å². The van der Waals surface area contributed by atoms with Gasteiger partial charge in [0.1, 0.15) is 11.4 Å². The predicted molar refractivity (Wildman–Crippen MR) is 151 cm³/mol. The molecule has 1 aromatic carbocycles. The quantitative estimate of drug-likeness (QED) is 0.368. The second kappa shape index (κ2) is 12.4. The van der Waals surface area contributed by atoms with Gasteiger partial charge in [-0.2, -0.15) is 9.97 Å². The molecule has 0 amide bonds. The summed E-state index contributed by atoms with van der Waals surface area (Å²) in [6.45, 7) is 5.80. The number of piperidine rings is 1. The molecule has 1 saturated carbocycles. The number of methoxy groups -OCH3 is 1. The van der Waals surface area contributed by atoms with E-state index in [2.05, 4.69) is 41.3 Å². The molecule has 2 aliphatic heterocycles. The van der Waals surface area contributed by atoms with Crippen LogP contribution < -0.4 is 26.8 Å². The third-order valence-corrected chi connectivity index (χ3v) is 8.71. The van der Waals surface area contributed by atoms with Crippen molar-refractivity contribution in [2.75, 3.05) is 68.6 Å². The fourth-order valence-electron chi connectivity index (χ4n) is 5.34. The zero-order valence-electron chi connectivity index (χ0n) is 21.7. The summed E-state index contributed by atoms with van der Waals surface area (Å²) in [5.41, 5.74) is 14.9. The fourth-order valence-corrected chi connectivity index (χ4v) is 6.35. The summed E-state index contributed by atoms with van der Waals surface area (Å²) in [4.78, 5) is 9.03. The van der Waals surface area contributed by atoms with E-state index in [4.69, 9.17) is 20.9 Å². The van der Waals surface area contributed by atoms with Gasteiger partial charge in [0, 0.05) is 44.4 Å². The SMILES string of the molecule is COc1cc(C2CCN(SN3CCOCC3)CC2)ccc1Nc1nc(N)c(N)c(NC2CCCCC2)n1. The Morgan fingerprint density at radius 2 is 1.70 bits per heavy atom. The average molecular weight is 529 g/mol. The summed E-state index contributed by atoms with van der Waals surface area (Å²) in [6, 6.07) is 6.74. The van der Waals surface area contributed by atoms with Crippen LogP contribution in [0.15, 0.2) is 18.2 Å². The molecule has 3 fully saturated rings. The molecule has 3 heterocycles. The molecule has 2 aromatic rings. The maximum atomic E-state index is 6.20. The lowest BCUT2D eigenvalue weighted by Crippen LogP contribution is -2.37. The molecule has 37 heavy (non-hydrogen) atoms. The maximum absolute atomic E-state index is 6.20. The minimum Gasteiger partial charge on any atom is -0.495 e. The van der Waals surface area contributed by atoms with Gasteiger partial charge in [-0.05, 0) is 49.3 Å². The second-order valence-corrected chi connectivity index (χ2v) is 11.3. The molecule has 10 nitrogen and oxygen atoms in total. The Labute approximate surface area is 224 Å². The van der Waals surface area contributed by atoms with Gasteiger partial charge in [-0.25, -0.2) is 8.61 Å². The van der Waals surface area contributed by atoms with Crippen LogP contribution in [0.3, 0.4) is 0 Å². The molecule has 6 N–H and O–H groups in total. The maximum Gasteiger partial charge on any atom is 0.231 e. The Morgan fingerprint density at radius 3 is 2.43 bits per heavy atom. The molecule has 0 radical (unpaired) electrons. The Bertz CT molecular complexity index is 1040. The molecule has 0 bridgehead atoms. The van der Waals surface area contributed by atoms with Crippen LogP contribution in [0.4, 0.5) is 29.0 Å². The van der Waals surface area contributed by atoms with Crippen molar-refractivity contribution in [3.05, 3.63) is 23.8 Å². The number of anilines is 5. The smallest absolute Gasteiger partial charge is 0.231 e. The standard InChI is InChI=1S/C26H40N8O2S/c1-35-22-17-19(18-9-11-33(12-10-18)37-34-13-15-36-16-14-34)7-8-21(22)30-26-31-24(28)23(27)25(32-26)29-20-5-3-2-4-6-20/h7-8,17-18,20H,2-6,9-16,27H2,1H3,(H4,28,29,30,31,32). The Kier molecular flexibility index (Phi) is 8.75. The van der Waals surface area contributed by atoms with Crippen molar-refractivity contribution in [2.45, 2.75) is 56.9 Å². The summed E-state index contributed by atoms with van der Waals surface area (Å²) in [7, 11) is 1.69. The van der Waals surface area contributed by atoms with Crippen molar-refractivity contribution < 1.29 is 9.47 Å². The summed E-state index contributed by atoms with van der Waals surface area (Å²) in [5, 5.41) is 6.79. The van der Waals surface area contributed by atoms with E-state index in [1.165, 1.54) is 24.8 Å². The summed E-state index contributed by atoms with van der Waals surface area (Å²) >= 11 is 1.88. The number of rotatable bonds is 8. The molecule has 2 saturated heterocycles. The van der Waals surface area contributed by atoms with Crippen LogP contribution in [0.5, 0.6) is 5.75 Å². The zero-order valence-corrected chi connectivity index (χ0v) is 22.6. The molecule has 202 valence electrons. The Balaban J connectivity index is 1.22. The highest BCUT2D eigenvalue weighted by atomic mass is 32.2. The first kappa shape index (κ1) is 26.1. The molecule has 0 spiro atoms. The molecule has 0 unspecified atom stereocenters. The average Bonchev–Trinajstić information content (AvgIpc) is 2.93. The summed E-state index contributed by atoms with van der Waals surface area (Å²) < 4.78 is 16.1. The second-order valence-electron chi connectivity index (χ2n) is 10.1. The van der Waals surface area contributed by atoms with E-state index in [1.54, 1.807) is 7.11 Å². The van der Waals surface area contributed by atoms with Gasteiger partial charge in [-0.3, -0.25) is 0 Å². The van der Waals surface area contributed by atoms with Crippen molar-refractivity contribution in [1.82, 2.24) is 18.6 Å². The first-order valence-electron chi connectivity index (χ1n) is 13.5. The van der Waals surface area contributed by atoms with Crippen LogP contribution in [0.2, 0.25) is 0 Å². The third-order valence-electron chi connectivity index (χ3n) is 7.52. The minimum absolute atomic E-state index is 0.271. The van der Waals surface area contributed by atoms with Crippen LogP contribution in [0.25, 0.3) is 0 Å². The normalized spacial score (nSPS) is 20.6. The highest BCUT2D eigenvalue weighted by Crippen LogP contribution is 2.37. The predicted octanol–water partition coefficient (Wildman–Crippen LogP) is 4.21. The Hall–Kier alpha value is -2.47. The van der Waals surface area contributed by atoms with Crippen LogP contribution >= 0.6 is 12.1 Å². The molecule has 1 aromatic heterocycles. The van der Waals surface area contributed by atoms with Gasteiger partial charge >= 0.3 is 0 Å². The van der Waals surface area contributed by atoms with E-state index in [0.29, 0.717) is 29.4 Å². The van der Waals surface area contributed by atoms with Crippen molar-refractivity contribution in [3.63, 3.8) is 0 Å². The molecule has 11 heteroatoms. The summed E-state index contributed by atoms with van der Waals surface area (Å²) in [5.74, 6) is 2.56. The van der Waals surface area contributed by atoms with Gasteiger partial charge < -0.3 is 31.6 Å². The lowest BCUT2D eigenvalue weighted by Gasteiger charge is -2.35. The molecule has 0 atom stereocenters. The number of aromatic nitrogens is 2. The Morgan fingerprint density at radius 1 is 0.973 bits per heavy atom. The van der Waals surface area contributed by atoms with Gasteiger partial charge in [0.15, 0.2) is 11.6 Å². The van der Waals surface area contributed by atoms with Crippen molar-refractivity contribution >= 4 is 41.1 Å². The third kappa shape index (κ3) is 6.70. The number of nitrogens with zero attached hydrogens (tertiary/aromatic N) is 4. The van der Waals surface area contributed by atoms with E-state index in [9.17, 15) is 0 Å². The molecule has 3 aliphatic rings. The zero-order chi connectivity index (χ0) is 25.6. The van der Waals surface area contributed by atoms with Crippen molar-refractivity contribution in [1.29, 1.82) is 0 Å². The van der Waals surface area contributed by atoms with Gasteiger partial charge in [-0.1, -0.05) is 25.3 Å². The van der Waals surface area contributed by atoms with E-state index < -0.39 is 0 Å². The monoisotopic (exact) mass is 528 g/mol. The summed E-state index contributed by atoms with van der Waals surface area (Å²) in [6.07, 6.45) is 8.21. The fraction of sp³-hybridized carbons (Fsp3) is 0.615. The number of nitrogens with one attached hydrogen (secondary N) is 2. The molecule has 5 rings (SSSR count). The van der Waals surface area contributed by atoms with E-state index in [-0.39, 0.29) is 5.82 Å². The number of morpholine rings is 1. The number of nitrogen functional groups attached to an aromatic ring is 2. The number of benzene rings is 1. The van der Waals surface area contributed by atoms with Crippen LogP contribution in [-0.4, -0.2) is 71.1 Å².